The highest BCUT2D eigenvalue weighted by molar-refractivity contribution is 6.85. The summed E-state index contributed by atoms with van der Waals surface area (Å²) >= 11 is 5.70. The highest BCUT2D eigenvalue weighted by atomic mass is 35.5. The summed E-state index contributed by atoms with van der Waals surface area (Å²) in [5.41, 5.74) is 3.38. The van der Waals surface area contributed by atoms with Gasteiger partial charge in [-0.1, -0.05) is 19.0 Å². The number of ether oxygens (including phenoxy) is 2. The summed E-state index contributed by atoms with van der Waals surface area (Å²) in [7, 11) is -1.38. The lowest BCUT2D eigenvalue weighted by atomic mass is 10.2. The van der Waals surface area contributed by atoms with Crippen LogP contribution in [0.3, 0.4) is 0 Å². The Hall–Kier alpha value is -0.0131. The number of alkyl halides is 1. The highest BCUT2D eigenvalue weighted by Gasteiger charge is 2.17. The minimum absolute atomic E-state index is 0.0225. The molecule has 0 aliphatic carbocycles. The van der Waals surface area contributed by atoms with E-state index in [0.29, 0.717) is 6.61 Å². The molecule has 0 aromatic rings. The lowest BCUT2D eigenvalue weighted by Gasteiger charge is -2.21. The van der Waals surface area contributed by atoms with E-state index in [-0.39, 0.29) is 6.29 Å². The van der Waals surface area contributed by atoms with E-state index in [1.165, 1.54) is 12.5 Å². The van der Waals surface area contributed by atoms with E-state index < -0.39 is 8.07 Å². The third-order valence-electron chi connectivity index (χ3n) is 2.84. The van der Waals surface area contributed by atoms with Gasteiger partial charge in [-0.3, -0.25) is 0 Å². The average Bonchev–Trinajstić information content (AvgIpc) is 2.34. The summed E-state index contributed by atoms with van der Waals surface area (Å²) in [4.78, 5) is 0. The molecule has 98 valence electrons. The second kappa shape index (κ2) is 8.15. The van der Waals surface area contributed by atoms with Gasteiger partial charge in [0.25, 0.3) is 0 Å². The van der Waals surface area contributed by atoms with Gasteiger partial charge in [0.05, 0.1) is 0 Å². The zero-order chi connectivity index (χ0) is 12.6. The van der Waals surface area contributed by atoms with E-state index >= 15 is 0 Å². The molecular weight excluding hydrogens is 252 g/mol. The third-order valence-corrected chi connectivity index (χ3v) is 5.57. The Morgan fingerprint density at radius 1 is 1.41 bits per heavy atom. The zero-order valence-corrected chi connectivity index (χ0v) is 12.7. The first-order valence-corrected chi connectivity index (χ1v) is 10.2. The molecule has 1 aliphatic heterocycles. The summed E-state index contributed by atoms with van der Waals surface area (Å²) in [6.07, 6.45) is 4.42. The third kappa shape index (κ3) is 7.10. The maximum atomic E-state index is 5.70. The molecule has 0 saturated carbocycles. The molecule has 0 bridgehead atoms. The Balaban J connectivity index is 2.19. The summed E-state index contributed by atoms with van der Waals surface area (Å²) in [5.74, 6) is 3.89. The largest absolute Gasteiger partial charge is 0.353 e. The molecule has 2 nitrogen and oxygen atoms in total. The van der Waals surface area contributed by atoms with Crippen LogP contribution in [0.1, 0.15) is 25.7 Å². The van der Waals surface area contributed by atoms with Crippen molar-refractivity contribution in [2.24, 2.45) is 0 Å². The Morgan fingerprint density at radius 3 is 2.88 bits per heavy atom. The molecule has 0 N–H and O–H groups in total. The number of hydrogen-bond donors (Lipinski definition) is 0. The predicted octanol–water partition coefficient (Wildman–Crippen LogP) is 3.41. The number of halogens is 1. The second-order valence-corrected chi connectivity index (χ2v) is 9.98. The minimum atomic E-state index is -1.38. The molecule has 0 unspecified atom stereocenters. The molecule has 0 amide bonds. The van der Waals surface area contributed by atoms with Crippen molar-refractivity contribution in [2.75, 3.05) is 19.1 Å². The van der Waals surface area contributed by atoms with Crippen molar-refractivity contribution in [3.63, 3.8) is 0 Å². The van der Waals surface area contributed by atoms with E-state index in [0.717, 1.165) is 31.7 Å². The normalized spacial score (nSPS) is 20.8. The zero-order valence-electron chi connectivity index (χ0n) is 10.9. The molecule has 1 atom stereocenters. The monoisotopic (exact) mass is 274 g/mol. The lowest BCUT2D eigenvalue weighted by Crippen LogP contribution is -2.24. The van der Waals surface area contributed by atoms with Crippen LogP contribution in [0.2, 0.25) is 19.1 Å². The maximum absolute atomic E-state index is 5.70. The van der Waals surface area contributed by atoms with Crippen molar-refractivity contribution >= 4 is 19.7 Å². The Kier molecular flexibility index (Phi) is 7.22. The molecule has 4 heteroatoms. The first-order chi connectivity index (χ1) is 8.14. The van der Waals surface area contributed by atoms with Crippen molar-refractivity contribution in [3.05, 3.63) is 0 Å². The minimum Gasteiger partial charge on any atom is -0.353 e. The fourth-order valence-electron chi connectivity index (χ4n) is 1.82. The van der Waals surface area contributed by atoms with E-state index in [2.05, 4.69) is 24.6 Å². The Labute approximate surface area is 111 Å². The molecule has 1 saturated heterocycles. The van der Waals surface area contributed by atoms with Crippen molar-refractivity contribution in [3.8, 4) is 11.5 Å². The van der Waals surface area contributed by atoms with Gasteiger partial charge in [-0.2, -0.15) is 0 Å². The smallest absolute Gasteiger partial charge is 0.158 e. The molecule has 1 fully saturated rings. The van der Waals surface area contributed by atoms with Gasteiger partial charge >= 0.3 is 0 Å². The summed E-state index contributed by atoms with van der Waals surface area (Å²) < 4.78 is 11.1. The lowest BCUT2D eigenvalue weighted by molar-refractivity contribution is -0.154. The fraction of sp³-hybridized carbons (Fsp3) is 0.846. The molecule has 0 spiro atoms. The first-order valence-electron chi connectivity index (χ1n) is 6.43. The molecule has 17 heavy (non-hydrogen) atoms. The van der Waals surface area contributed by atoms with Gasteiger partial charge in [0.15, 0.2) is 6.29 Å². The molecule has 1 rings (SSSR count). The number of hydrogen-bond acceptors (Lipinski definition) is 2. The van der Waals surface area contributed by atoms with Gasteiger partial charge in [-0.05, 0) is 31.7 Å². The first kappa shape index (κ1) is 15.0. The predicted molar refractivity (Wildman–Crippen MR) is 74.9 cm³/mol. The maximum Gasteiger partial charge on any atom is 0.158 e. The fourth-order valence-corrected chi connectivity index (χ4v) is 3.92. The molecule has 0 aromatic carbocycles. The van der Waals surface area contributed by atoms with Crippen LogP contribution in [0, 0.1) is 11.5 Å². The summed E-state index contributed by atoms with van der Waals surface area (Å²) in [5, 5.41) is 0. The van der Waals surface area contributed by atoms with Crippen molar-refractivity contribution in [2.45, 2.75) is 51.1 Å². The van der Waals surface area contributed by atoms with Crippen LogP contribution in [0.4, 0.5) is 0 Å². The van der Waals surface area contributed by atoms with Crippen LogP contribution in [0.25, 0.3) is 0 Å². The molecule has 0 aromatic heterocycles. The van der Waals surface area contributed by atoms with Crippen LogP contribution < -0.4 is 0 Å². The van der Waals surface area contributed by atoms with Gasteiger partial charge in [-0.25, -0.2) is 0 Å². The highest BCUT2D eigenvalue weighted by Crippen LogP contribution is 2.13. The Morgan fingerprint density at radius 2 is 2.24 bits per heavy atom. The van der Waals surface area contributed by atoms with Crippen LogP contribution >= 0.6 is 11.6 Å². The molecule has 1 aliphatic rings. The van der Waals surface area contributed by atoms with Gasteiger partial charge in [-0.15, -0.1) is 17.1 Å². The van der Waals surface area contributed by atoms with E-state index in [4.69, 9.17) is 21.1 Å². The van der Waals surface area contributed by atoms with Gasteiger partial charge < -0.3 is 9.47 Å². The van der Waals surface area contributed by atoms with Crippen molar-refractivity contribution in [1.29, 1.82) is 0 Å². The summed E-state index contributed by atoms with van der Waals surface area (Å²) in [6.45, 7) is 5.89. The quantitative estimate of drug-likeness (QED) is 0.435. The van der Waals surface area contributed by atoms with E-state index in [9.17, 15) is 0 Å². The van der Waals surface area contributed by atoms with Crippen LogP contribution in [-0.2, 0) is 9.47 Å². The molecule has 0 radical (unpaired) electrons. The van der Waals surface area contributed by atoms with Gasteiger partial charge in [0.2, 0.25) is 0 Å². The van der Waals surface area contributed by atoms with E-state index in [1.807, 2.05) is 0 Å². The second-order valence-electron chi connectivity index (χ2n) is 5.09. The van der Waals surface area contributed by atoms with Crippen LogP contribution in [-0.4, -0.2) is 33.5 Å². The Bertz CT molecular complexity index is 264. The molecule has 1 heterocycles. The van der Waals surface area contributed by atoms with Gasteiger partial charge in [0.1, 0.15) is 14.7 Å². The van der Waals surface area contributed by atoms with Gasteiger partial charge in [0, 0.05) is 12.5 Å². The van der Waals surface area contributed by atoms with E-state index in [1.54, 1.807) is 0 Å². The van der Waals surface area contributed by atoms with Crippen LogP contribution in [0.5, 0.6) is 0 Å². The SMILES string of the molecule is C[Si](C)(C#CCO[C@@H]1CCCCO1)CCCCl. The van der Waals surface area contributed by atoms with Crippen LogP contribution in [0.15, 0.2) is 0 Å². The topological polar surface area (TPSA) is 18.5 Å². The summed E-state index contributed by atoms with van der Waals surface area (Å²) in [6, 6.07) is 1.17. The average molecular weight is 275 g/mol. The van der Waals surface area contributed by atoms with Crippen molar-refractivity contribution in [1.82, 2.24) is 0 Å². The standard InChI is InChI=1S/C13H23ClO2Si/c1-17(2,11-5-8-14)12-6-10-16-13-7-3-4-9-15-13/h13H,3-5,7-11H2,1-2H3/t13-/m1/s1. The number of rotatable bonds is 5. The molecular formula is C13H23ClO2Si. The van der Waals surface area contributed by atoms with Crippen molar-refractivity contribution < 1.29 is 9.47 Å².